The van der Waals surface area contributed by atoms with Crippen molar-refractivity contribution in [3.05, 3.63) is 11.8 Å². The Kier molecular flexibility index (Phi) is 3.73. The summed E-state index contributed by atoms with van der Waals surface area (Å²) in [6.07, 6.45) is 0.720. The van der Waals surface area contributed by atoms with E-state index in [0.29, 0.717) is 0 Å². The standard InChI is InChI=1S/C6H7NO3/c1-2-10-6(9)5(8)3-4-7/h3,8H,2H2,1H3/b5-3-. The van der Waals surface area contributed by atoms with Gasteiger partial charge in [-0.05, 0) is 6.92 Å². The molecule has 0 aliphatic heterocycles. The number of nitrogens with zero attached hydrogens (tertiary/aromatic N) is 1. The Morgan fingerprint density at radius 3 is 2.90 bits per heavy atom. The van der Waals surface area contributed by atoms with E-state index in [1.54, 1.807) is 6.92 Å². The third-order valence-electron chi connectivity index (χ3n) is 0.686. The summed E-state index contributed by atoms with van der Waals surface area (Å²) in [4.78, 5) is 10.4. The van der Waals surface area contributed by atoms with Crippen molar-refractivity contribution in [2.24, 2.45) is 0 Å². The van der Waals surface area contributed by atoms with Gasteiger partial charge in [0.05, 0.1) is 18.8 Å². The molecule has 4 nitrogen and oxygen atoms in total. The molecule has 54 valence electrons. The number of esters is 1. The molecule has 0 amide bonds. The zero-order valence-electron chi connectivity index (χ0n) is 5.50. The van der Waals surface area contributed by atoms with Crippen LogP contribution in [0.3, 0.4) is 0 Å². The van der Waals surface area contributed by atoms with Crippen LogP contribution in [0.4, 0.5) is 0 Å². The Morgan fingerprint density at radius 1 is 1.90 bits per heavy atom. The molecule has 0 rings (SSSR count). The topological polar surface area (TPSA) is 70.3 Å². The molecule has 0 saturated heterocycles. The summed E-state index contributed by atoms with van der Waals surface area (Å²) in [6, 6.07) is 1.49. The number of nitriles is 1. The van der Waals surface area contributed by atoms with E-state index in [1.807, 2.05) is 0 Å². The molecule has 0 aromatic heterocycles. The van der Waals surface area contributed by atoms with Crippen molar-refractivity contribution in [2.75, 3.05) is 6.61 Å². The van der Waals surface area contributed by atoms with Crippen LogP contribution in [0.1, 0.15) is 6.92 Å². The summed E-state index contributed by atoms with van der Waals surface area (Å²) in [6.45, 7) is 1.79. The van der Waals surface area contributed by atoms with Crippen molar-refractivity contribution in [1.82, 2.24) is 0 Å². The number of aliphatic hydroxyl groups excluding tert-OH is 1. The highest BCUT2D eigenvalue weighted by Crippen LogP contribution is 1.90. The van der Waals surface area contributed by atoms with Gasteiger partial charge in [0.15, 0.2) is 0 Å². The van der Waals surface area contributed by atoms with E-state index in [4.69, 9.17) is 10.4 Å². The number of hydrogen-bond acceptors (Lipinski definition) is 4. The fourth-order valence-electron chi connectivity index (χ4n) is 0.325. The van der Waals surface area contributed by atoms with E-state index < -0.39 is 11.7 Å². The van der Waals surface area contributed by atoms with Gasteiger partial charge in [-0.3, -0.25) is 0 Å². The number of aliphatic hydroxyl groups is 1. The lowest BCUT2D eigenvalue weighted by Crippen LogP contribution is -2.06. The van der Waals surface area contributed by atoms with Crippen LogP contribution < -0.4 is 0 Å². The molecule has 0 spiro atoms. The molecule has 1 N–H and O–H groups in total. The molecule has 0 bridgehead atoms. The predicted molar refractivity (Wildman–Crippen MR) is 33.0 cm³/mol. The fourth-order valence-corrected chi connectivity index (χ4v) is 0.325. The summed E-state index contributed by atoms with van der Waals surface area (Å²) in [7, 11) is 0. The molecule has 10 heavy (non-hydrogen) atoms. The SMILES string of the molecule is CCOC(=O)/C(O)=C/C#N. The Morgan fingerprint density at radius 2 is 2.50 bits per heavy atom. The molecule has 0 aromatic carbocycles. The van der Waals surface area contributed by atoms with Gasteiger partial charge in [0.2, 0.25) is 5.76 Å². The molecule has 0 aliphatic carbocycles. The van der Waals surface area contributed by atoms with Crippen molar-refractivity contribution in [3.8, 4) is 6.07 Å². The van der Waals surface area contributed by atoms with E-state index in [9.17, 15) is 4.79 Å². The van der Waals surface area contributed by atoms with Crippen LogP contribution >= 0.6 is 0 Å². The van der Waals surface area contributed by atoms with Crippen LogP contribution in [-0.4, -0.2) is 17.7 Å². The average molecular weight is 141 g/mol. The molecular weight excluding hydrogens is 134 g/mol. The number of hydrogen-bond donors (Lipinski definition) is 1. The summed E-state index contributed by atoms with van der Waals surface area (Å²) >= 11 is 0. The van der Waals surface area contributed by atoms with E-state index >= 15 is 0 Å². The Balaban J connectivity index is 3.98. The maximum atomic E-state index is 10.4. The van der Waals surface area contributed by atoms with Crippen molar-refractivity contribution >= 4 is 5.97 Å². The normalized spacial score (nSPS) is 10.2. The average Bonchev–Trinajstić information content (AvgIpc) is 1.89. The van der Waals surface area contributed by atoms with Crippen molar-refractivity contribution in [1.29, 1.82) is 5.26 Å². The van der Waals surface area contributed by atoms with Gasteiger partial charge >= 0.3 is 5.97 Å². The molecule has 0 aliphatic rings. The van der Waals surface area contributed by atoms with E-state index in [0.717, 1.165) is 6.08 Å². The molecule has 0 saturated carbocycles. The largest absolute Gasteiger partial charge is 0.501 e. The molecule has 4 heteroatoms. The van der Waals surface area contributed by atoms with Gasteiger partial charge in [-0.2, -0.15) is 5.26 Å². The van der Waals surface area contributed by atoms with Crippen LogP contribution in [-0.2, 0) is 9.53 Å². The minimum absolute atomic E-state index is 0.183. The molecule has 0 unspecified atom stereocenters. The van der Waals surface area contributed by atoms with Gasteiger partial charge in [-0.25, -0.2) is 4.79 Å². The van der Waals surface area contributed by atoms with Crippen molar-refractivity contribution < 1.29 is 14.6 Å². The predicted octanol–water partition coefficient (Wildman–Crippen LogP) is 0.515. The third kappa shape index (κ3) is 2.72. The van der Waals surface area contributed by atoms with E-state index in [2.05, 4.69) is 4.74 Å². The number of ether oxygens (including phenoxy) is 1. The van der Waals surface area contributed by atoms with Gasteiger partial charge in [-0.15, -0.1) is 0 Å². The minimum Gasteiger partial charge on any atom is -0.501 e. The molecule has 0 fully saturated rings. The van der Waals surface area contributed by atoms with Crippen LogP contribution in [0, 0.1) is 11.3 Å². The summed E-state index contributed by atoms with van der Waals surface area (Å²) < 4.78 is 4.35. The molecule has 0 atom stereocenters. The fraction of sp³-hybridized carbons (Fsp3) is 0.333. The highest BCUT2D eigenvalue weighted by molar-refractivity contribution is 5.86. The first-order valence-electron chi connectivity index (χ1n) is 2.68. The molecule has 0 aromatic rings. The lowest BCUT2D eigenvalue weighted by atomic mass is 10.5. The Bertz CT molecular complexity index is 190. The van der Waals surface area contributed by atoms with Gasteiger partial charge in [0.25, 0.3) is 0 Å². The number of carbonyl (C=O) groups excluding carboxylic acids is 1. The summed E-state index contributed by atoms with van der Waals surface area (Å²) in [5, 5.41) is 16.6. The van der Waals surface area contributed by atoms with Gasteiger partial charge in [0.1, 0.15) is 0 Å². The third-order valence-corrected chi connectivity index (χ3v) is 0.686. The lowest BCUT2D eigenvalue weighted by molar-refractivity contribution is -0.141. The van der Waals surface area contributed by atoms with Crippen LogP contribution in [0.15, 0.2) is 11.8 Å². The first-order valence-corrected chi connectivity index (χ1v) is 2.68. The lowest BCUT2D eigenvalue weighted by Gasteiger charge is -1.96. The maximum absolute atomic E-state index is 10.4. The van der Waals surface area contributed by atoms with Gasteiger partial charge in [0, 0.05) is 0 Å². The molecule has 0 radical (unpaired) electrons. The molecule has 0 heterocycles. The summed E-state index contributed by atoms with van der Waals surface area (Å²) in [5.74, 6) is -1.53. The van der Waals surface area contributed by atoms with Crippen LogP contribution in [0.25, 0.3) is 0 Å². The van der Waals surface area contributed by atoms with Crippen LogP contribution in [0.2, 0.25) is 0 Å². The summed E-state index contributed by atoms with van der Waals surface area (Å²) in [5.41, 5.74) is 0. The van der Waals surface area contributed by atoms with Crippen LogP contribution in [0.5, 0.6) is 0 Å². The molecular formula is C6H7NO3. The second-order valence-corrected chi connectivity index (χ2v) is 1.38. The van der Waals surface area contributed by atoms with Crippen molar-refractivity contribution in [3.63, 3.8) is 0 Å². The second kappa shape index (κ2) is 4.39. The van der Waals surface area contributed by atoms with Gasteiger partial charge in [-0.1, -0.05) is 0 Å². The first kappa shape index (κ1) is 8.50. The monoisotopic (exact) mass is 141 g/mol. The van der Waals surface area contributed by atoms with Gasteiger partial charge < -0.3 is 9.84 Å². The minimum atomic E-state index is -0.871. The van der Waals surface area contributed by atoms with Crippen molar-refractivity contribution in [2.45, 2.75) is 6.92 Å². The number of allylic oxidation sites excluding steroid dienone is 1. The maximum Gasteiger partial charge on any atom is 0.374 e. The smallest absolute Gasteiger partial charge is 0.374 e. The van der Waals surface area contributed by atoms with E-state index in [-0.39, 0.29) is 6.61 Å². The zero-order valence-corrected chi connectivity index (χ0v) is 5.50. The zero-order chi connectivity index (χ0) is 7.98. The Hall–Kier alpha value is -1.50. The number of carbonyl (C=O) groups is 1. The second-order valence-electron chi connectivity index (χ2n) is 1.38. The number of rotatable bonds is 2. The highest BCUT2D eigenvalue weighted by Gasteiger charge is 2.05. The first-order chi connectivity index (χ1) is 4.72. The van der Waals surface area contributed by atoms with E-state index in [1.165, 1.54) is 6.07 Å². The Labute approximate surface area is 58.3 Å². The quantitative estimate of drug-likeness (QED) is 0.263. The highest BCUT2D eigenvalue weighted by atomic mass is 16.5.